The first-order valence-electron chi connectivity index (χ1n) is 8.57. The third-order valence-corrected chi connectivity index (χ3v) is 6.33. The molecule has 0 aromatic heterocycles. The number of rotatable bonds is 7. The van der Waals surface area contributed by atoms with E-state index in [1.165, 1.54) is 26.4 Å². The molecule has 0 unspecified atom stereocenters. The minimum atomic E-state index is -4.50. The fourth-order valence-electron chi connectivity index (χ4n) is 3.03. The number of nitro benzene ring substituents is 2. The zero-order valence-corrected chi connectivity index (χ0v) is 17.1. The van der Waals surface area contributed by atoms with Gasteiger partial charge >= 0.3 is 10.2 Å². The van der Waals surface area contributed by atoms with Gasteiger partial charge in [-0.3, -0.25) is 25.0 Å². The van der Waals surface area contributed by atoms with Crippen LogP contribution >= 0.6 is 0 Å². The van der Waals surface area contributed by atoms with Gasteiger partial charge in [-0.05, 0) is 18.2 Å². The molecule has 1 fully saturated rings. The fourth-order valence-corrected chi connectivity index (χ4v) is 4.56. The summed E-state index contributed by atoms with van der Waals surface area (Å²) in [6.45, 7) is -1.08. The van der Waals surface area contributed by atoms with E-state index in [0.717, 1.165) is 12.1 Å². The van der Waals surface area contributed by atoms with Crippen molar-refractivity contribution in [2.75, 3.05) is 25.1 Å². The molecule has 0 N–H and O–H groups in total. The third-order valence-electron chi connectivity index (χ3n) is 4.56. The summed E-state index contributed by atoms with van der Waals surface area (Å²) in [5.41, 5.74) is -1.49. The molecule has 13 nitrogen and oxygen atoms in total. The van der Waals surface area contributed by atoms with Crippen molar-refractivity contribution in [3.05, 3.63) is 62.2 Å². The first-order valence-corrected chi connectivity index (χ1v) is 9.96. The second-order valence-electron chi connectivity index (χ2n) is 6.28. The minimum absolute atomic E-state index is 0.280. The van der Waals surface area contributed by atoms with E-state index >= 15 is 0 Å². The van der Waals surface area contributed by atoms with Crippen LogP contribution in [0.1, 0.15) is 5.56 Å². The first-order chi connectivity index (χ1) is 14.6. The van der Waals surface area contributed by atoms with E-state index in [0.29, 0.717) is 26.0 Å². The van der Waals surface area contributed by atoms with Crippen molar-refractivity contribution in [2.45, 2.75) is 6.54 Å². The lowest BCUT2D eigenvalue weighted by Crippen LogP contribution is -2.34. The van der Waals surface area contributed by atoms with Crippen LogP contribution in [0.15, 0.2) is 36.4 Å². The fraction of sp³-hybridized carbons (Fsp3) is 0.235. The molecule has 164 valence electrons. The van der Waals surface area contributed by atoms with E-state index in [-0.39, 0.29) is 12.3 Å². The lowest BCUT2D eigenvalue weighted by Gasteiger charge is -2.20. The Balaban J connectivity index is 2.01. The van der Waals surface area contributed by atoms with Crippen LogP contribution in [0.2, 0.25) is 0 Å². The molecule has 0 atom stereocenters. The molecule has 14 heteroatoms. The highest BCUT2D eigenvalue weighted by atomic mass is 32.2. The maximum Gasteiger partial charge on any atom is 0.329 e. The molecular formula is C17H16N4O9S. The van der Waals surface area contributed by atoms with Crippen LogP contribution in [0.3, 0.4) is 0 Å². The van der Waals surface area contributed by atoms with Crippen LogP contribution < -0.4 is 13.8 Å². The average molecular weight is 452 g/mol. The molecule has 0 aliphatic carbocycles. The van der Waals surface area contributed by atoms with Crippen LogP contribution in [-0.4, -0.2) is 49.2 Å². The maximum atomic E-state index is 13.0. The predicted molar refractivity (Wildman–Crippen MR) is 106 cm³/mol. The molecule has 1 aliphatic rings. The third kappa shape index (κ3) is 3.92. The summed E-state index contributed by atoms with van der Waals surface area (Å²) in [5, 5.41) is 22.3. The Morgan fingerprint density at radius 3 is 2.32 bits per heavy atom. The number of nitrogens with zero attached hydrogens (tertiary/aromatic N) is 4. The molecule has 2 aromatic carbocycles. The first kappa shape index (κ1) is 21.8. The van der Waals surface area contributed by atoms with Gasteiger partial charge in [0.05, 0.1) is 36.7 Å². The topological polar surface area (TPSA) is 162 Å². The van der Waals surface area contributed by atoms with E-state index in [1.54, 1.807) is 6.07 Å². The Bertz CT molecular complexity index is 1180. The SMILES string of the molecule is COc1ccc(CN2C(=O)CN(c3ccc([N+](=O)[O-])cc3[N+](=O)[O-])S2(=O)=O)c(OC)c1. The predicted octanol–water partition coefficient (Wildman–Crippen LogP) is 1.61. The van der Waals surface area contributed by atoms with Gasteiger partial charge in [0.15, 0.2) is 0 Å². The number of hydrogen-bond acceptors (Lipinski definition) is 9. The molecule has 1 saturated heterocycles. The van der Waals surface area contributed by atoms with E-state index in [4.69, 9.17) is 9.47 Å². The van der Waals surface area contributed by atoms with Crippen LogP contribution in [0, 0.1) is 20.2 Å². The molecule has 1 aliphatic heterocycles. The van der Waals surface area contributed by atoms with Crippen molar-refractivity contribution in [2.24, 2.45) is 0 Å². The largest absolute Gasteiger partial charge is 0.497 e. The molecular weight excluding hydrogens is 436 g/mol. The number of carbonyl (C=O) groups excluding carboxylic acids is 1. The molecule has 0 radical (unpaired) electrons. The molecule has 1 heterocycles. The summed E-state index contributed by atoms with van der Waals surface area (Å²) in [4.78, 5) is 33.0. The molecule has 3 rings (SSSR count). The Labute approximate surface area is 175 Å². The van der Waals surface area contributed by atoms with E-state index in [9.17, 15) is 33.4 Å². The number of nitro groups is 2. The Morgan fingerprint density at radius 2 is 1.74 bits per heavy atom. The van der Waals surface area contributed by atoms with Gasteiger partial charge in [0.2, 0.25) is 0 Å². The molecule has 0 spiro atoms. The number of methoxy groups -OCH3 is 2. The normalized spacial score (nSPS) is 15.1. The van der Waals surface area contributed by atoms with Crippen LogP contribution in [0.5, 0.6) is 11.5 Å². The van der Waals surface area contributed by atoms with Crippen LogP contribution in [-0.2, 0) is 21.5 Å². The summed E-state index contributed by atoms with van der Waals surface area (Å²) in [6, 6.07) is 7.10. The highest BCUT2D eigenvalue weighted by Gasteiger charge is 2.45. The van der Waals surface area contributed by atoms with Gasteiger partial charge in [0.25, 0.3) is 17.3 Å². The number of amides is 1. The van der Waals surface area contributed by atoms with Gasteiger partial charge in [-0.25, -0.2) is 8.61 Å². The summed E-state index contributed by atoms with van der Waals surface area (Å²) in [6.07, 6.45) is 0. The summed E-state index contributed by atoms with van der Waals surface area (Å²) in [5.74, 6) is -0.0908. The molecule has 0 saturated carbocycles. The molecule has 2 aromatic rings. The quantitative estimate of drug-likeness (QED) is 0.448. The summed E-state index contributed by atoms with van der Waals surface area (Å²) in [7, 11) is -1.69. The van der Waals surface area contributed by atoms with Crippen molar-refractivity contribution < 1.29 is 32.5 Å². The van der Waals surface area contributed by atoms with Crippen molar-refractivity contribution in [3.8, 4) is 11.5 Å². The summed E-state index contributed by atoms with van der Waals surface area (Å²) >= 11 is 0. The molecule has 31 heavy (non-hydrogen) atoms. The van der Waals surface area contributed by atoms with Gasteiger partial charge in [0.1, 0.15) is 23.7 Å². The number of anilines is 1. The van der Waals surface area contributed by atoms with Crippen molar-refractivity contribution in [1.29, 1.82) is 0 Å². The number of benzene rings is 2. The molecule has 0 bridgehead atoms. The zero-order valence-electron chi connectivity index (χ0n) is 16.2. The van der Waals surface area contributed by atoms with Crippen LogP contribution in [0.4, 0.5) is 17.1 Å². The van der Waals surface area contributed by atoms with Gasteiger partial charge in [-0.15, -0.1) is 0 Å². The smallest absolute Gasteiger partial charge is 0.329 e. The Kier molecular flexibility index (Phi) is 5.66. The highest BCUT2D eigenvalue weighted by molar-refractivity contribution is 7.91. The van der Waals surface area contributed by atoms with E-state index in [1.807, 2.05) is 0 Å². The van der Waals surface area contributed by atoms with Crippen LogP contribution in [0.25, 0.3) is 0 Å². The Morgan fingerprint density at radius 1 is 1.03 bits per heavy atom. The number of non-ortho nitro benzene ring substituents is 1. The number of carbonyl (C=O) groups is 1. The zero-order chi connectivity index (χ0) is 22.9. The van der Waals surface area contributed by atoms with Crippen molar-refractivity contribution in [3.63, 3.8) is 0 Å². The second-order valence-corrected chi connectivity index (χ2v) is 8.06. The number of hydrogen-bond donors (Lipinski definition) is 0. The number of ether oxygens (including phenoxy) is 2. The van der Waals surface area contributed by atoms with Gasteiger partial charge < -0.3 is 9.47 Å². The van der Waals surface area contributed by atoms with Crippen molar-refractivity contribution >= 4 is 33.2 Å². The second kappa shape index (κ2) is 8.06. The molecule has 1 amide bonds. The Hall–Kier alpha value is -3.94. The van der Waals surface area contributed by atoms with Gasteiger partial charge in [-0.2, -0.15) is 8.42 Å². The monoisotopic (exact) mass is 452 g/mol. The lowest BCUT2D eigenvalue weighted by atomic mass is 10.2. The highest BCUT2D eigenvalue weighted by Crippen LogP contribution is 2.37. The maximum absolute atomic E-state index is 13.0. The standard InChI is InChI=1S/C17H16N4O9S/c1-29-13-5-3-11(16(8-13)30-2)9-19-17(22)10-18(31(19,27)28)14-6-4-12(20(23)24)7-15(14)21(25)26/h3-8H,9-10H2,1-2H3. The average Bonchev–Trinajstić information content (AvgIpc) is 2.96. The van der Waals surface area contributed by atoms with Gasteiger partial charge in [-0.1, -0.05) is 0 Å². The van der Waals surface area contributed by atoms with E-state index < -0.39 is 49.6 Å². The lowest BCUT2D eigenvalue weighted by molar-refractivity contribution is -0.393. The summed E-state index contributed by atoms with van der Waals surface area (Å²) < 4.78 is 37.5. The minimum Gasteiger partial charge on any atom is -0.497 e. The van der Waals surface area contributed by atoms with Crippen molar-refractivity contribution in [1.82, 2.24) is 4.31 Å². The van der Waals surface area contributed by atoms with Gasteiger partial charge in [0, 0.05) is 17.7 Å². The van der Waals surface area contributed by atoms with E-state index in [2.05, 4.69) is 0 Å².